The number of benzene rings is 3. The Morgan fingerprint density at radius 2 is 1.28 bits per heavy atom. The molecule has 0 saturated carbocycles. The largest absolute Gasteiger partial charge is 0.336 e. The van der Waals surface area contributed by atoms with Gasteiger partial charge < -0.3 is 0 Å². The van der Waals surface area contributed by atoms with E-state index in [2.05, 4.69) is 20.8 Å². The number of rotatable bonds is 5. The molecule has 0 bridgehead atoms. The Morgan fingerprint density at radius 3 is 1.76 bits per heavy atom. The number of hydrogen-bond acceptors (Lipinski definition) is 3. The highest BCUT2D eigenvalue weighted by Gasteiger charge is 2.38. The van der Waals surface area contributed by atoms with Crippen molar-refractivity contribution >= 4 is 10.1 Å². The maximum atomic E-state index is 13.2. The van der Waals surface area contributed by atoms with Crippen LogP contribution < -0.4 is 20.2 Å². The molecule has 3 aromatic rings. The summed E-state index contributed by atoms with van der Waals surface area (Å²) >= 11 is -2.76. The zero-order chi connectivity index (χ0) is 21.2. The van der Waals surface area contributed by atoms with Gasteiger partial charge in [0.05, 0.1) is 4.90 Å². The van der Waals surface area contributed by atoms with Crippen LogP contribution in [0.25, 0.3) is 0 Å². The molecule has 0 aliphatic rings. The van der Waals surface area contributed by atoms with Crippen molar-refractivity contribution in [3.8, 4) is 0 Å². The summed E-state index contributed by atoms with van der Waals surface area (Å²) in [7, 11) is -4.02. The van der Waals surface area contributed by atoms with Gasteiger partial charge in [-0.1, -0.05) is 50.6 Å². The van der Waals surface area contributed by atoms with Gasteiger partial charge in [-0.15, -0.1) is 0 Å². The lowest BCUT2D eigenvalue weighted by Gasteiger charge is -2.18. The minimum atomic E-state index is -4.02. The third-order valence-corrected chi connectivity index (χ3v) is 11.7. The molecule has 0 fully saturated rings. The lowest BCUT2D eigenvalue weighted by Crippen LogP contribution is -3.85. The van der Waals surface area contributed by atoms with Gasteiger partial charge in [0.2, 0.25) is 0 Å². The van der Waals surface area contributed by atoms with Gasteiger partial charge in [0.25, 0.3) is 0 Å². The summed E-state index contributed by atoms with van der Waals surface area (Å²) in [4.78, 5) is -0.0420. The van der Waals surface area contributed by atoms with Crippen molar-refractivity contribution < 1.29 is 35.6 Å². The standard InChI is InChI=1S/C23H24FIO3S/c1-17-5-11-20(12-6-17)25(21-13-7-18(8-14-21)23(2,3)4)28-29(26,27)22-15-9-19(24)10-16-22/h5-16H,1-4H3/q+1. The van der Waals surface area contributed by atoms with Crippen LogP contribution in [0, 0.1) is 19.9 Å². The molecule has 29 heavy (non-hydrogen) atoms. The van der Waals surface area contributed by atoms with Crippen LogP contribution in [-0.4, -0.2) is 8.42 Å². The first-order chi connectivity index (χ1) is 13.6. The molecule has 0 atom stereocenters. The Labute approximate surface area is 180 Å². The maximum absolute atomic E-state index is 13.2. The zero-order valence-electron chi connectivity index (χ0n) is 16.8. The second-order valence-corrected chi connectivity index (χ2v) is 14.3. The van der Waals surface area contributed by atoms with E-state index >= 15 is 0 Å². The maximum Gasteiger partial charge on any atom is 0.336 e. The number of hydrogen-bond donors (Lipinski definition) is 0. The van der Waals surface area contributed by atoms with Crippen LogP contribution >= 0.6 is 0 Å². The summed E-state index contributed by atoms with van der Waals surface area (Å²) in [5.74, 6) is -0.490. The van der Waals surface area contributed by atoms with E-state index in [0.29, 0.717) is 0 Å². The Hall–Kier alpha value is -1.77. The number of aryl methyl sites for hydroxylation is 1. The van der Waals surface area contributed by atoms with Crippen molar-refractivity contribution in [3.63, 3.8) is 0 Å². The fraction of sp³-hybridized carbons (Fsp3) is 0.217. The van der Waals surface area contributed by atoms with E-state index in [1.54, 1.807) is 0 Å². The summed E-state index contributed by atoms with van der Waals surface area (Å²) in [6, 6.07) is 20.5. The summed E-state index contributed by atoms with van der Waals surface area (Å²) in [5, 5.41) is 0. The van der Waals surface area contributed by atoms with Crippen molar-refractivity contribution in [1.82, 2.24) is 0 Å². The molecule has 0 aromatic heterocycles. The molecule has 0 heterocycles. The Bertz CT molecular complexity index is 1070. The second kappa shape index (κ2) is 8.53. The molecular weight excluding hydrogens is 502 g/mol. The van der Waals surface area contributed by atoms with Crippen LogP contribution in [0.15, 0.2) is 77.7 Å². The third-order valence-electron chi connectivity index (χ3n) is 4.37. The van der Waals surface area contributed by atoms with Gasteiger partial charge in [-0.05, 0) is 68.9 Å². The van der Waals surface area contributed by atoms with Crippen molar-refractivity contribution in [2.45, 2.75) is 38.0 Å². The first-order valence-electron chi connectivity index (χ1n) is 9.14. The predicted octanol–water partition coefficient (Wildman–Crippen LogP) is 2.42. The van der Waals surface area contributed by atoms with Gasteiger partial charge in [-0.2, -0.15) is 8.42 Å². The van der Waals surface area contributed by atoms with E-state index in [9.17, 15) is 12.8 Å². The van der Waals surface area contributed by atoms with Gasteiger partial charge in [-0.25, -0.2) is 4.39 Å². The van der Waals surface area contributed by atoms with Gasteiger partial charge in [0.15, 0.2) is 7.14 Å². The van der Waals surface area contributed by atoms with E-state index in [1.165, 1.54) is 17.7 Å². The molecule has 0 amide bonds. The van der Waals surface area contributed by atoms with Gasteiger partial charge in [0, 0.05) is 0 Å². The molecule has 153 valence electrons. The Balaban J connectivity index is 2.02. The molecule has 0 aliphatic heterocycles. The first-order valence-corrected chi connectivity index (χ1v) is 13.6. The highest BCUT2D eigenvalue weighted by molar-refractivity contribution is 7.86. The topological polar surface area (TPSA) is 43.4 Å². The minimum Gasteiger partial charge on any atom is -0.207 e. The van der Waals surface area contributed by atoms with Crippen molar-refractivity contribution in [2.75, 3.05) is 0 Å². The molecule has 0 saturated heterocycles. The van der Waals surface area contributed by atoms with Gasteiger partial charge >= 0.3 is 30.4 Å². The quantitative estimate of drug-likeness (QED) is 0.480. The average molecular weight is 526 g/mol. The molecule has 0 N–H and O–H groups in total. The first kappa shape index (κ1) is 21.9. The van der Waals surface area contributed by atoms with Crippen LogP contribution in [0.4, 0.5) is 4.39 Å². The minimum absolute atomic E-state index is 0.00246. The third kappa shape index (κ3) is 5.43. The molecule has 0 spiro atoms. The predicted molar refractivity (Wildman–Crippen MR) is 108 cm³/mol. The lowest BCUT2D eigenvalue weighted by molar-refractivity contribution is -1.03. The molecular formula is C23H24FIO3S+. The normalized spacial score (nSPS) is 12.3. The summed E-state index contributed by atoms with van der Waals surface area (Å²) in [5.41, 5.74) is 2.26. The lowest BCUT2D eigenvalue weighted by atomic mass is 9.87. The number of halogens is 2. The molecule has 0 unspecified atom stereocenters. The van der Waals surface area contributed by atoms with E-state index < -0.39 is 36.2 Å². The molecule has 3 nitrogen and oxygen atoms in total. The average Bonchev–Trinajstić information content (AvgIpc) is 2.67. The van der Waals surface area contributed by atoms with Crippen molar-refractivity contribution in [3.05, 3.63) is 96.9 Å². The monoisotopic (exact) mass is 526 g/mol. The van der Waals surface area contributed by atoms with E-state index in [0.717, 1.165) is 24.8 Å². The molecule has 3 aromatic carbocycles. The van der Waals surface area contributed by atoms with Crippen LogP contribution in [0.1, 0.15) is 31.9 Å². The van der Waals surface area contributed by atoms with Gasteiger partial charge in [0.1, 0.15) is 5.82 Å². The van der Waals surface area contributed by atoms with Crippen LogP contribution in [0.5, 0.6) is 0 Å². The van der Waals surface area contributed by atoms with E-state index in [4.69, 9.17) is 2.51 Å². The summed E-state index contributed by atoms with van der Waals surface area (Å²) in [6.45, 7) is 8.38. The molecule has 1 radical (unpaired) electrons. The molecule has 6 heteroatoms. The van der Waals surface area contributed by atoms with Crippen LogP contribution in [0.3, 0.4) is 0 Å². The van der Waals surface area contributed by atoms with Crippen LogP contribution in [-0.2, 0) is 18.0 Å². The SMILES string of the molecule is Cc1ccc([I+](OS(=O)(=O)c2ccc(F)cc2)c2ccc(C(C)(C)C)cc2)cc1. The highest BCUT2D eigenvalue weighted by atomic mass is 127. The Morgan fingerprint density at radius 1 is 0.793 bits per heavy atom. The second-order valence-electron chi connectivity index (χ2n) is 7.77. The summed E-state index contributed by atoms with van der Waals surface area (Å²) < 4.78 is 46.6. The van der Waals surface area contributed by atoms with Gasteiger partial charge in [-0.3, -0.25) is 0 Å². The fourth-order valence-electron chi connectivity index (χ4n) is 2.63. The van der Waals surface area contributed by atoms with Crippen molar-refractivity contribution in [1.29, 1.82) is 0 Å². The highest BCUT2D eigenvalue weighted by Crippen LogP contribution is 2.21. The summed E-state index contributed by atoms with van der Waals surface area (Å²) in [6.07, 6.45) is 0. The van der Waals surface area contributed by atoms with Crippen LogP contribution in [0.2, 0.25) is 0 Å². The molecule has 3 rings (SSSR count). The fourth-order valence-corrected chi connectivity index (χ4v) is 9.52. The van der Waals surface area contributed by atoms with Crippen molar-refractivity contribution in [2.24, 2.45) is 0 Å². The molecule has 0 aliphatic carbocycles. The Kier molecular flexibility index (Phi) is 6.45. The zero-order valence-corrected chi connectivity index (χ0v) is 19.8. The van der Waals surface area contributed by atoms with E-state index in [1.807, 2.05) is 55.5 Å². The van der Waals surface area contributed by atoms with E-state index in [-0.39, 0.29) is 10.3 Å². The smallest absolute Gasteiger partial charge is 0.207 e.